The first kappa shape index (κ1) is 11.0. The Bertz CT molecular complexity index is 301. The second kappa shape index (κ2) is 5.64. The smallest absolute Gasteiger partial charge is 0.304 e. The number of aromatic nitrogens is 2. The summed E-state index contributed by atoms with van der Waals surface area (Å²) in [7, 11) is 0. The molecule has 1 rings (SSSR count). The summed E-state index contributed by atoms with van der Waals surface area (Å²) < 4.78 is 5.25. The lowest BCUT2D eigenvalue weighted by Crippen LogP contribution is -1.96. The number of hydrogen-bond acceptors (Lipinski definition) is 5. The summed E-state index contributed by atoms with van der Waals surface area (Å²) in [5.74, 6) is 1.56. The molecule has 0 aliphatic carbocycles. The molecular weight excluding hydrogens is 204 g/mol. The maximum atomic E-state index is 10.2. The van der Waals surface area contributed by atoms with Crippen LogP contribution in [0.25, 0.3) is 0 Å². The molecule has 78 valence electrons. The number of nitrogens with zero attached hydrogens (tertiary/aromatic N) is 2. The molecular formula is C8H12N2O3S. The molecule has 0 unspecified atom stereocenters. The second-order valence-electron chi connectivity index (χ2n) is 2.64. The summed E-state index contributed by atoms with van der Waals surface area (Å²) in [5.41, 5.74) is 0. The van der Waals surface area contributed by atoms with Crippen molar-refractivity contribution in [1.29, 1.82) is 0 Å². The summed E-state index contributed by atoms with van der Waals surface area (Å²) in [6.45, 7) is 1.94. The molecule has 0 radical (unpaired) electrons. The van der Waals surface area contributed by atoms with Crippen molar-refractivity contribution < 1.29 is 14.3 Å². The minimum absolute atomic E-state index is 0.166. The minimum Gasteiger partial charge on any atom is -0.481 e. The van der Waals surface area contributed by atoms with E-state index in [1.165, 1.54) is 11.8 Å². The number of hydrogen-bond donors (Lipinski definition) is 1. The van der Waals surface area contributed by atoms with Crippen molar-refractivity contribution in [2.24, 2.45) is 0 Å². The zero-order chi connectivity index (χ0) is 10.4. The van der Waals surface area contributed by atoms with E-state index in [0.717, 1.165) is 6.42 Å². The number of aliphatic carboxylic acids is 1. The van der Waals surface area contributed by atoms with E-state index in [1.807, 2.05) is 6.92 Å². The van der Waals surface area contributed by atoms with E-state index in [-0.39, 0.29) is 6.42 Å². The molecule has 0 amide bonds. The van der Waals surface area contributed by atoms with Gasteiger partial charge in [-0.1, -0.05) is 6.92 Å². The van der Waals surface area contributed by atoms with E-state index in [0.29, 0.717) is 23.3 Å². The van der Waals surface area contributed by atoms with Gasteiger partial charge < -0.3 is 9.52 Å². The zero-order valence-corrected chi connectivity index (χ0v) is 8.71. The fourth-order valence-corrected chi connectivity index (χ4v) is 1.56. The number of thioether (sulfide) groups is 1. The van der Waals surface area contributed by atoms with Gasteiger partial charge in [-0.3, -0.25) is 4.79 Å². The summed E-state index contributed by atoms with van der Waals surface area (Å²) in [4.78, 5) is 10.2. The van der Waals surface area contributed by atoms with Gasteiger partial charge in [0, 0.05) is 12.2 Å². The third-order valence-electron chi connectivity index (χ3n) is 1.50. The number of aryl methyl sites for hydroxylation is 1. The Kier molecular flexibility index (Phi) is 4.45. The van der Waals surface area contributed by atoms with Gasteiger partial charge in [-0.15, -0.1) is 10.2 Å². The molecule has 0 aliphatic heterocycles. The van der Waals surface area contributed by atoms with E-state index in [2.05, 4.69) is 10.2 Å². The Labute approximate surface area is 85.9 Å². The third-order valence-corrected chi connectivity index (χ3v) is 2.44. The Morgan fingerprint density at radius 1 is 1.50 bits per heavy atom. The molecule has 1 aromatic heterocycles. The first-order valence-electron chi connectivity index (χ1n) is 4.33. The highest BCUT2D eigenvalue weighted by Gasteiger charge is 2.04. The lowest BCUT2D eigenvalue weighted by molar-refractivity contribution is -0.136. The Hall–Kier alpha value is -1.04. The fourth-order valence-electron chi connectivity index (χ4n) is 0.809. The van der Waals surface area contributed by atoms with Crippen LogP contribution in [-0.4, -0.2) is 27.0 Å². The van der Waals surface area contributed by atoms with Gasteiger partial charge in [0.2, 0.25) is 11.8 Å². The molecule has 1 aromatic rings. The van der Waals surface area contributed by atoms with Gasteiger partial charge in [0.15, 0.2) is 0 Å². The van der Waals surface area contributed by atoms with Crippen LogP contribution in [0, 0.1) is 0 Å². The van der Waals surface area contributed by atoms with E-state index < -0.39 is 5.97 Å². The van der Waals surface area contributed by atoms with Crippen LogP contribution < -0.4 is 0 Å². The van der Waals surface area contributed by atoms with Crippen molar-refractivity contribution >= 4 is 17.7 Å². The van der Waals surface area contributed by atoms with Gasteiger partial charge in [-0.25, -0.2) is 0 Å². The molecule has 6 heteroatoms. The molecule has 0 atom stereocenters. The molecule has 5 nitrogen and oxygen atoms in total. The molecule has 14 heavy (non-hydrogen) atoms. The van der Waals surface area contributed by atoms with Crippen LogP contribution in [0.4, 0.5) is 0 Å². The van der Waals surface area contributed by atoms with Gasteiger partial charge in [0.05, 0.1) is 12.2 Å². The number of carbonyl (C=O) groups is 1. The fraction of sp³-hybridized carbons (Fsp3) is 0.625. The van der Waals surface area contributed by atoms with Crippen LogP contribution in [0.5, 0.6) is 0 Å². The van der Waals surface area contributed by atoms with Gasteiger partial charge in [0.1, 0.15) is 0 Å². The quantitative estimate of drug-likeness (QED) is 0.723. The maximum Gasteiger partial charge on any atom is 0.304 e. The van der Waals surface area contributed by atoms with Crippen LogP contribution in [0.3, 0.4) is 0 Å². The first-order valence-corrected chi connectivity index (χ1v) is 5.48. The molecule has 0 saturated heterocycles. The van der Waals surface area contributed by atoms with Gasteiger partial charge >= 0.3 is 5.97 Å². The standard InChI is InChI=1S/C8H12N2O3S/c1-2-6-9-10-7(13-6)5-14-4-3-8(11)12/h2-5H2,1H3,(H,11,12). The van der Waals surface area contributed by atoms with Crippen LogP contribution >= 0.6 is 11.8 Å². The summed E-state index contributed by atoms with van der Waals surface area (Å²) in [5, 5.41) is 16.0. The van der Waals surface area contributed by atoms with Crippen LogP contribution in [0.1, 0.15) is 25.1 Å². The van der Waals surface area contributed by atoms with Gasteiger partial charge in [-0.05, 0) is 0 Å². The van der Waals surface area contributed by atoms with Crippen molar-refractivity contribution in [1.82, 2.24) is 10.2 Å². The van der Waals surface area contributed by atoms with Crippen molar-refractivity contribution in [2.75, 3.05) is 5.75 Å². The van der Waals surface area contributed by atoms with E-state index in [9.17, 15) is 4.79 Å². The largest absolute Gasteiger partial charge is 0.481 e. The maximum absolute atomic E-state index is 10.2. The van der Waals surface area contributed by atoms with Crippen LogP contribution in [0.15, 0.2) is 4.42 Å². The summed E-state index contributed by atoms with van der Waals surface area (Å²) in [6.07, 6.45) is 0.895. The average Bonchev–Trinajstić information content (AvgIpc) is 2.60. The Balaban J connectivity index is 2.21. The molecule has 0 saturated carbocycles. The van der Waals surface area contributed by atoms with E-state index in [4.69, 9.17) is 9.52 Å². The predicted octanol–water partition coefficient (Wildman–Crippen LogP) is 1.34. The first-order chi connectivity index (χ1) is 6.72. The molecule has 0 aliphatic rings. The van der Waals surface area contributed by atoms with Crippen molar-refractivity contribution in [2.45, 2.75) is 25.5 Å². The molecule has 1 heterocycles. The van der Waals surface area contributed by atoms with Crippen molar-refractivity contribution in [3.8, 4) is 0 Å². The average molecular weight is 216 g/mol. The van der Waals surface area contributed by atoms with E-state index in [1.54, 1.807) is 0 Å². The monoisotopic (exact) mass is 216 g/mol. The molecule has 0 fully saturated rings. The second-order valence-corrected chi connectivity index (χ2v) is 3.74. The Morgan fingerprint density at radius 3 is 2.79 bits per heavy atom. The normalized spacial score (nSPS) is 10.4. The number of rotatable bonds is 6. The van der Waals surface area contributed by atoms with Gasteiger partial charge in [-0.2, -0.15) is 11.8 Å². The van der Waals surface area contributed by atoms with Crippen molar-refractivity contribution in [3.05, 3.63) is 11.8 Å². The van der Waals surface area contributed by atoms with Crippen LogP contribution in [-0.2, 0) is 17.0 Å². The van der Waals surface area contributed by atoms with Crippen LogP contribution in [0.2, 0.25) is 0 Å². The summed E-state index contributed by atoms with van der Waals surface area (Å²) in [6, 6.07) is 0. The minimum atomic E-state index is -0.780. The molecule has 0 spiro atoms. The SMILES string of the molecule is CCc1nnc(CSCCC(=O)O)o1. The Morgan fingerprint density at radius 2 is 2.21 bits per heavy atom. The third kappa shape index (κ3) is 3.78. The topological polar surface area (TPSA) is 76.2 Å². The lowest BCUT2D eigenvalue weighted by Gasteiger charge is -1.93. The zero-order valence-electron chi connectivity index (χ0n) is 7.89. The highest BCUT2D eigenvalue weighted by molar-refractivity contribution is 7.98. The number of carboxylic acids is 1. The summed E-state index contributed by atoms with van der Waals surface area (Å²) >= 11 is 1.48. The predicted molar refractivity (Wildman–Crippen MR) is 52.1 cm³/mol. The van der Waals surface area contributed by atoms with E-state index >= 15 is 0 Å². The molecule has 1 N–H and O–H groups in total. The van der Waals surface area contributed by atoms with Gasteiger partial charge in [0.25, 0.3) is 0 Å². The lowest BCUT2D eigenvalue weighted by atomic mass is 10.5. The molecule has 0 bridgehead atoms. The highest BCUT2D eigenvalue weighted by atomic mass is 32.2. The van der Waals surface area contributed by atoms with Crippen molar-refractivity contribution in [3.63, 3.8) is 0 Å². The highest BCUT2D eigenvalue weighted by Crippen LogP contribution is 2.12. The number of carboxylic acid groups (broad SMARTS) is 1. The molecule has 0 aromatic carbocycles.